The van der Waals surface area contributed by atoms with Gasteiger partial charge in [-0.25, -0.2) is 4.79 Å². The third-order valence-corrected chi connectivity index (χ3v) is 2.87. The van der Waals surface area contributed by atoms with E-state index in [1.807, 2.05) is 0 Å². The summed E-state index contributed by atoms with van der Waals surface area (Å²) in [5, 5.41) is 32.2. The van der Waals surface area contributed by atoms with E-state index in [2.05, 4.69) is 0 Å². The summed E-state index contributed by atoms with van der Waals surface area (Å²) < 4.78 is 4.89. The van der Waals surface area contributed by atoms with Gasteiger partial charge in [0.1, 0.15) is 11.3 Å². The minimum Gasteiger partial charge on any atom is -0.423 e. The van der Waals surface area contributed by atoms with Crippen LogP contribution in [0.5, 0.6) is 5.75 Å². The van der Waals surface area contributed by atoms with Crippen molar-refractivity contribution in [2.24, 2.45) is 0 Å². The van der Waals surface area contributed by atoms with Crippen molar-refractivity contribution >= 4 is 23.0 Å². The van der Waals surface area contributed by atoms with Crippen LogP contribution < -0.4 is 4.74 Å². The summed E-state index contributed by atoms with van der Waals surface area (Å²) in [5.74, 6) is -1.19. The molecule has 24 heavy (non-hydrogen) atoms. The Labute approximate surface area is 132 Å². The molecule has 2 rings (SSSR count). The first-order chi connectivity index (χ1) is 11.3. The van der Waals surface area contributed by atoms with Crippen LogP contribution in [0.2, 0.25) is 0 Å². The number of ether oxygens (including phenoxy) is 1. The quantitative estimate of drug-likeness (QED) is 0.350. The van der Waals surface area contributed by atoms with Crippen molar-refractivity contribution in [3.63, 3.8) is 0 Å². The van der Waals surface area contributed by atoms with Gasteiger partial charge in [-0.3, -0.25) is 30.3 Å². The van der Waals surface area contributed by atoms with Crippen molar-refractivity contribution < 1.29 is 24.3 Å². The van der Waals surface area contributed by atoms with E-state index in [9.17, 15) is 35.1 Å². The van der Waals surface area contributed by atoms with Gasteiger partial charge >= 0.3 is 5.97 Å². The molecule has 0 saturated heterocycles. The molecular weight excluding hydrogens is 326 g/mol. The molecule has 0 aliphatic rings. The second-order valence-electron chi connectivity index (χ2n) is 4.36. The molecule has 0 bridgehead atoms. The first-order valence-electron chi connectivity index (χ1n) is 6.19. The van der Waals surface area contributed by atoms with Gasteiger partial charge in [-0.05, 0) is 18.2 Å². The number of benzene rings is 2. The lowest BCUT2D eigenvalue weighted by Crippen LogP contribution is -2.11. The highest BCUT2D eigenvalue weighted by atomic mass is 16.6. The largest absolute Gasteiger partial charge is 0.423 e. The molecule has 0 N–H and O–H groups in total. The van der Waals surface area contributed by atoms with E-state index in [0.29, 0.717) is 6.07 Å². The molecule has 0 spiro atoms. The Bertz CT molecular complexity index is 847. The smallest absolute Gasteiger partial charge is 0.350 e. The molecule has 0 aliphatic carbocycles. The number of carbonyl (C=O) groups is 1. The van der Waals surface area contributed by atoms with Gasteiger partial charge < -0.3 is 4.74 Å². The van der Waals surface area contributed by atoms with Crippen LogP contribution in [0.4, 0.5) is 17.1 Å². The van der Waals surface area contributed by atoms with Crippen molar-refractivity contribution in [1.29, 1.82) is 0 Å². The van der Waals surface area contributed by atoms with E-state index < -0.39 is 37.7 Å². The Hall–Kier alpha value is -3.89. The number of hydrogen-bond donors (Lipinski definition) is 0. The van der Waals surface area contributed by atoms with Crippen molar-refractivity contribution in [3.8, 4) is 5.75 Å². The number of carbonyl (C=O) groups excluding carboxylic acids is 1. The molecular formula is C13H7N3O8. The van der Waals surface area contributed by atoms with E-state index in [-0.39, 0.29) is 11.4 Å². The molecule has 0 unspecified atom stereocenters. The first kappa shape index (κ1) is 16.5. The van der Waals surface area contributed by atoms with Crippen LogP contribution in [-0.4, -0.2) is 20.7 Å². The summed E-state index contributed by atoms with van der Waals surface area (Å²) in [6, 6.07) is 6.95. The van der Waals surface area contributed by atoms with Crippen LogP contribution in [0.3, 0.4) is 0 Å². The fourth-order valence-corrected chi connectivity index (χ4v) is 1.76. The highest BCUT2D eigenvalue weighted by Gasteiger charge is 2.25. The lowest BCUT2D eigenvalue weighted by atomic mass is 10.1. The standard InChI is InChI=1S/C13H7N3O8/c17-13(24-10-4-1-8(2-5-10)14(18)19)11-6-3-9(15(20)21)7-12(11)16(22)23/h1-7H. The molecule has 11 nitrogen and oxygen atoms in total. The van der Waals surface area contributed by atoms with Crippen LogP contribution in [0.25, 0.3) is 0 Å². The number of rotatable bonds is 5. The number of nitro groups is 3. The monoisotopic (exact) mass is 333 g/mol. The maximum absolute atomic E-state index is 12.0. The van der Waals surface area contributed by atoms with Gasteiger partial charge in [0, 0.05) is 18.2 Å². The highest BCUT2D eigenvalue weighted by Crippen LogP contribution is 2.26. The molecule has 2 aromatic rings. The third kappa shape index (κ3) is 3.47. The van der Waals surface area contributed by atoms with Gasteiger partial charge in [-0.2, -0.15) is 0 Å². The fraction of sp³-hybridized carbons (Fsp3) is 0. The first-order valence-corrected chi connectivity index (χ1v) is 6.19. The van der Waals surface area contributed by atoms with Crippen molar-refractivity contribution in [2.75, 3.05) is 0 Å². The van der Waals surface area contributed by atoms with Crippen molar-refractivity contribution in [3.05, 3.63) is 78.4 Å². The molecule has 122 valence electrons. The zero-order valence-corrected chi connectivity index (χ0v) is 11.6. The lowest BCUT2D eigenvalue weighted by molar-refractivity contribution is -0.394. The molecule has 0 amide bonds. The number of hydrogen-bond acceptors (Lipinski definition) is 8. The van der Waals surface area contributed by atoms with Crippen LogP contribution in [0, 0.1) is 30.3 Å². The second kappa shape index (κ2) is 6.48. The van der Waals surface area contributed by atoms with Gasteiger partial charge in [0.2, 0.25) is 0 Å². The maximum Gasteiger partial charge on any atom is 0.350 e. The minimum absolute atomic E-state index is 0.0711. The van der Waals surface area contributed by atoms with Crippen molar-refractivity contribution in [1.82, 2.24) is 0 Å². The van der Waals surface area contributed by atoms with E-state index in [0.717, 1.165) is 36.4 Å². The molecule has 0 fully saturated rings. The topological polar surface area (TPSA) is 156 Å². The molecule has 0 saturated carbocycles. The van der Waals surface area contributed by atoms with Gasteiger partial charge in [0.25, 0.3) is 17.1 Å². The summed E-state index contributed by atoms with van der Waals surface area (Å²) in [6.45, 7) is 0. The van der Waals surface area contributed by atoms with Gasteiger partial charge in [0.05, 0.1) is 20.8 Å². The average molecular weight is 333 g/mol. The normalized spacial score (nSPS) is 10.0. The number of nitro benzene ring substituents is 3. The van der Waals surface area contributed by atoms with Gasteiger partial charge in [-0.15, -0.1) is 0 Å². The van der Waals surface area contributed by atoms with E-state index in [4.69, 9.17) is 4.74 Å². The van der Waals surface area contributed by atoms with Crippen LogP contribution in [0.15, 0.2) is 42.5 Å². The highest BCUT2D eigenvalue weighted by molar-refractivity contribution is 5.95. The Morgan fingerprint density at radius 3 is 1.83 bits per heavy atom. The van der Waals surface area contributed by atoms with Gasteiger partial charge in [-0.1, -0.05) is 0 Å². The summed E-state index contributed by atoms with van der Waals surface area (Å²) >= 11 is 0. The van der Waals surface area contributed by atoms with E-state index in [1.54, 1.807) is 0 Å². The zero-order valence-electron chi connectivity index (χ0n) is 11.6. The Kier molecular flexibility index (Phi) is 4.45. The average Bonchev–Trinajstić information content (AvgIpc) is 2.54. The summed E-state index contributed by atoms with van der Waals surface area (Å²) in [6.07, 6.45) is 0. The number of nitrogens with zero attached hydrogens (tertiary/aromatic N) is 3. The van der Waals surface area contributed by atoms with Gasteiger partial charge in [0.15, 0.2) is 0 Å². The minimum atomic E-state index is -1.12. The molecule has 0 radical (unpaired) electrons. The molecule has 0 aromatic heterocycles. The predicted molar refractivity (Wildman–Crippen MR) is 77.8 cm³/mol. The molecule has 0 atom stereocenters. The molecule has 2 aromatic carbocycles. The van der Waals surface area contributed by atoms with E-state index >= 15 is 0 Å². The Morgan fingerprint density at radius 1 is 0.792 bits per heavy atom. The second-order valence-corrected chi connectivity index (χ2v) is 4.36. The maximum atomic E-state index is 12.0. The Balaban J connectivity index is 2.30. The predicted octanol–water partition coefficient (Wildman–Crippen LogP) is 2.63. The molecule has 0 heterocycles. The SMILES string of the molecule is O=C(Oc1ccc([N+](=O)[O-])cc1)c1ccc([N+](=O)[O-])cc1[N+](=O)[O-]. The molecule has 11 heteroatoms. The number of esters is 1. The van der Waals surface area contributed by atoms with Crippen molar-refractivity contribution in [2.45, 2.75) is 0 Å². The summed E-state index contributed by atoms with van der Waals surface area (Å²) in [4.78, 5) is 41.7. The zero-order chi connectivity index (χ0) is 17.9. The number of non-ortho nitro benzene ring substituents is 2. The summed E-state index contributed by atoms with van der Waals surface area (Å²) in [5.41, 5.74) is -2.04. The van der Waals surface area contributed by atoms with E-state index in [1.165, 1.54) is 0 Å². The third-order valence-electron chi connectivity index (χ3n) is 2.87. The van der Waals surface area contributed by atoms with Crippen LogP contribution in [-0.2, 0) is 0 Å². The molecule has 0 aliphatic heterocycles. The van der Waals surface area contributed by atoms with Crippen LogP contribution in [0.1, 0.15) is 10.4 Å². The van der Waals surface area contributed by atoms with Crippen LogP contribution >= 0.6 is 0 Å². The lowest BCUT2D eigenvalue weighted by Gasteiger charge is -2.05. The summed E-state index contributed by atoms with van der Waals surface area (Å²) in [7, 11) is 0. The fourth-order valence-electron chi connectivity index (χ4n) is 1.76. The Morgan fingerprint density at radius 2 is 1.33 bits per heavy atom.